The average molecular weight is 389 g/mol. The first kappa shape index (κ1) is 19.8. The second kappa shape index (κ2) is 8.39. The van der Waals surface area contributed by atoms with Crippen LogP contribution in [0.2, 0.25) is 5.02 Å². The van der Waals surface area contributed by atoms with Crippen LogP contribution >= 0.6 is 11.6 Å². The molecule has 0 unspecified atom stereocenters. The summed E-state index contributed by atoms with van der Waals surface area (Å²) in [5, 5.41) is 0.586. The Hall–Kier alpha value is -1.94. The van der Waals surface area contributed by atoms with Crippen LogP contribution in [0, 0.1) is 13.8 Å². The first-order valence-corrected chi connectivity index (χ1v) is 9.90. The Balaban J connectivity index is 1.50. The molecule has 0 aliphatic carbocycles. The van der Waals surface area contributed by atoms with Gasteiger partial charge in [-0.1, -0.05) is 23.7 Å². The highest BCUT2D eigenvalue weighted by Crippen LogP contribution is 2.32. The zero-order valence-electron chi connectivity index (χ0n) is 16.0. The van der Waals surface area contributed by atoms with Gasteiger partial charge in [0.15, 0.2) is 0 Å². The number of alkyl halides is 1. The van der Waals surface area contributed by atoms with E-state index >= 15 is 4.39 Å². The van der Waals surface area contributed by atoms with Gasteiger partial charge in [0.1, 0.15) is 5.67 Å². The van der Waals surface area contributed by atoms with E-state index in [0.29, 0.717) is 42.9 Å². The highest BCUT2D eigenvalue weighted by atomic mass is 35.5. The largest absolute Gasteiger partial charge is 0.338 e. The van der Waals surface area contributed by atoms with E-state index in [1.165, 1.54) is 0 Å². The molecule has 5 heteroatoms. The number of aromatic nitrogens is 1. The van der Waals surface area contributed by atoms with Crippen LogP contribution in [0.5, 0.6) is 0 Å². The topological polar surface area (TPSA) is 33.2 Å². The van der Waals surface area contributed by atoms with E-state index < -0.39 is 5.67 Å². The summed E-state index contributed by atoms with van der Waals surface area (Å²) in [6, 6.07) is 9.38. The van der Waals surface area contributed by atoms with Gasteiger partial charge < -0.3 is 4.90 Å². The van der Waals surface area contributed by atoms with E-state index in [1.807, 2.05) is 38.2 Å². The van der Waals surface area contributed by atoms with Crippen LogP contribution in [0.3, 0.4) is 0 Å². The number of nitrogens with zero attached hydrogens (tertiary/aromatic N) is 2. The monoisotopic (exact) mass is 388 g/mol. The molecule has 2 aromatic rings. The quantitative estimate of drug-likeness (QED) is 0.694. The predicted octanol–water partition coefficient (Wildman–Crippen LogP) is 5.32. The number of piperidine rings is 1. The minimum absolute atomic E-state index is 0.0668. The van der Waals surface area contributed by atoms with Crippen molar-refractivity contribution in [1.29, 1.82) is 0 Å². The Kier molecular flexibility index (Phi) is 6.15. The number of pyridine rings is 1. The summed E-state index contributed by atoms with van der Waals surface area (Å²) in [5.41, 5.74) is 2.47. The highest BCUT2D eigenvalue weighted by molar-refractivity contribution is 6.31. The Morgan fingerprint density at radius 1 is 1.22 bits per heavy atom. The first-order valence-electron chi connectivity index (χ1n) is 9.52. The van der Waals surface area contributed by atoms with Crippen molar-refractivity contribution < 1.29 is 9.18 Å². The molecule has 144 valence electrons. The summed E-state index contributed by atoms with van der Waals surface area (Å²) < 4.78 is 15.1. The van der Waals surface area contributed by atoms with Crippen molar-refractivity contribution in [1.82, 2.24) is 9.88 Å². The normalized spacial score (nSPS) is 16.4. The lowest BCUT2D eigenvalue weighted by atomic mass is 9.87. The molecule has 2 heterocycles. The third-order valence-electron chi connectivity index (χ3n) is 5.40. The molecule has 0 spiro atoms. The van der Waals surface area contributed by atoms with Gasteiger partial charge in [0.2, 0.25) is 0 Å². The Bertz CT molecular complexity index is 798. The standard InChI is InChI=1S/C22H26ClFN2O/c1-16-5-8-19(25-15-16)4-3-9-22(24)10-12-26(13-11-22)21(27)18-7-6-17(2)20(23)14-18/h5-8,14-15H,3-4,9-13H2,1-2H3. The van der Waals surface area contributed by atoms with Crippen molar-refractivity contribution in [3.8, 4) is 0 Å². The third-order valence-corrected chi connectivity index (χ3v) is 5.80. The van der Waals surface area contributed by atoms with Gasteiger partial charge in [-0.05, 0) is 75.3 Å². The number of likely N-dealkylation sites (tertiary alicyclic amines) is 1. The molecule has 1 fully saturated rings. The third kappa shape index (κ3) is 5.07. The molecular weight excluding hydrogens is 363 g/mol. The van der Waals surface area contributed by atoms with Crippen molar-refractivity contribution in [2.24, 2.45) is 0 Å². The smallest absolute Gasteiger partial charge is 0.253 e. The first-order chi connectivity index (χ1) is 12.9. The number of hydrogen-bond donors (Lipinski definition) is 0. The number of benzene rings is 1. The molecule has 1 aromatic heterocycles. The van der Waals surface area contributed by atoms with Crippen LogP contribution in [0.4, 0.5) is 4.39 Å². The number of aryl methyl sites for hydroxylation is 3. The number of carbonyl (C=O) groups excluding carboxylic acids is 1. The molecule has 1 aliphatic rings. The molecule has 1 amide bonds. The van der Waals surface area contributed by atoms with Crippen LogP contribution in [0.15, 0.2) is 36.5 Å². The van der Waals surface area contributed by atoms with E-state index in [9.17, 15) is 4.79 Å². The number of carbonyl (C=O) groups is 1. The summed E-state index contributed by atoms with van der Waals surface area (Å²) in [5.74, 6) is -0.0668. The number of hydrogen-bond acceptors (Lipinski definition) is 2. The molecule has 0 atom stereocenters. The van der Waals surface area contributed by atoms with Gasteiger partial charge in [0.25, 0.3) is 5.91 Å². The molecule has 1 saturated heterocycles. The second-order valence-corrected chi connectivity index (χ2v) is 7.99. The lowest BCUT2D eigenvalue weighted by molar-refractivity contribution is 0.0389. The van der Waals surface area contributed by atoms with E-state index in [4.69, 9.17) is 11.6 Å². The summed E-state index contributed by atoms with van der Waals surface area (Å²) in [7, 11) is 0. The molecule has 27 heavy (non-hydrogen) atoms. The second-order valence-electron chi connectivity index (χ2n) is 7.59. The molecule has 3 nitrogen and oxygen atoms in total. The molecule has 0 radical (unpaired) electrons. The molecule has 3 rings (SSSR count). The van der Waals surface area contributed by atoms with E-state index in [1.54, 1.807) is 17.0 Å². The molecule has 0 bridgehead atoms. The van der Waals surface area contributed by atoms with Crippen molar-refractivity contribution >= 4 is 17.5 Å². The fourth-order valence-corrected chi connectivity index (χ4v) is 3.68. The lowest BCUT2D eigenvalue weighted by Crippen LogP contribution is -2.44. The van der Waals surface area contributed by atoms with Crippen molar-refractivity contribution in [3.05, 3.63) is 63.9 Å². The van der Waals surface area contributed by atoms with E-state index in [0.717, 1.165) is 29.7 Å². The van der Waals surface area contributed by atoms with Gasteiger partial charge in [-0.25, -0.2) is 4.39 Å². The summed E-state index contributed by atoms with van der Waals surface area (Å²) >= 11 is 6.12. The summed E-state index contributed by atoms with van der Waals surface area (Å²) in [6.45, 7) is 4.81. The zero-order valence-corrected chi connectivity index (χ0v) is 16.7. The van der Waals surface area contributed by atoms with Crippen LogP contribution in [0.25, 0.3) is 0 Å². The molecule has 1 aliphatic heterocycles. The summed E-state index contributed by atoms with van der Waals surface area (Å²) in [4.78, 5) is 18.8. The Morgan fingerprint density at radius 3 is 2.59 bits per heavy atom. The average Bonchev–Trinajstić information content (AvgIpc) is 2.66. The highest BCUT2D eigenvalue weighted by Gasteiger charge is 2.35. The van der Waals surface area contributed by atoms with Crippen LogP contribution in [0.1, 0.15) is 52.9 Å². The van der Waals surface area contributed by atoms with Crippen molar-refractivity contribution in [3.63, 3.8) is 0 Å². The SMILES string of the molecule is Cc1ccc(CCCC2(F)CCN(C(=O)c3ccc(C)c(Cl)c3)CC2)nc1. The number of halogens is 2. The number of amides is 1. The summed E-state index contributed by atoms with van der Waals surface area (Å²) in [6.07, 6.45) is 4.70. The zero-order chi connectivity index (χ0) is 19.4. The van der Waals surface area contributed by atoms with Crippen molar-refractivity contribution in [2.45, 2.75) is 51.6 Å². The van der Waals surface area contributed by atoms with Crippen LogP contribution < -0.4 is 0 Å². The molecule has 0 N–H and O–H groups in total. The van der Waals surface area contributed by atoms with Gasteiger partial charge in [-0.3, -0.25) is 9.78 Å². The molecule has 0 saturated carbocycles. The van der Waals surface area contributed by atoms with E-state index in [-0.39, 0.29) is 5.91 Å². The Morgan fingerprint density at radius 2 is 1.96 bits per heavy atom. The minimum Gasteiger partial charge on any atom is -0.338 e. The molecule has 1 aromatic carbocycles. The van der Waals surface area contributed by atoms with E-state index in [2.05, 4.69) is 4.98 Å². The maximum absolute atomic E-state index is 15.1. The van der Waals surface area contributed by atoms with Gasteiger partial charge in [-0.2, -0.15) is 0 Å². The van der Waals surface area contributed by atoms with Gasteiger partial charge in [-0.15, -0.1) is 0 Å². The van der Waals surface area contributed by atoms with Gasteiger partial charge in [0.05, 0.1) is 0 Å². The minimum atomic E-state index is -1.19. The van der Waals surface area contributed by atoms with Gasteiger partial charge >= 0.3 is 0 Å². The lowest BCUT2D eigenvalue weighted by Gasteiger charge is -2.36. The molecular formula is C22H26ClFN2O. The Labute approximate surface area is 165 Å². The maximum Gasteiger partial charge on any atom is 0.253 e. The van der Waals surface area contributed by atoms with Crippen LogP contribution in [-0.2, 0) is 6.42 Å². The van der Waals surface area contributed by atoms with Gasteiger partial charge in [0, 0.05) is 35.6 Å². The number of rotatable bonds is 5. The van der Waals surface area contributed by atoms with Crippen LogP contribution in [-0.4, -0.2) is 34.5 Å². The predicted molar refractivity (Wildman–Crippen MR) is 107 cm³/mol. The fraction of sp³-hybridized carbons (Fsp3) is 0.455. The fourth-order valence-electron chi connectivity index (χ4n) is 3.50. The maximum atomic E-state index is 15.1. The van der Waals surface area contributed by atoms with Crippen molar-refractivity contribution in [2.75, 3.05) is 13.1 Å².